The Hall–Kier alpha value is -3.53. The van der Waals surface area contributed by atoms with Crippen LogP contribution in [0, 0.1) is 11.3 Å². The summed E-state index contributed by atoms with van der Waals surface area (Å²) >= 11 is 1.62. The highest BCUT2D eigenvalue weighted by atomic mass is 32.2. The third-order valence-electron chi connectivity index (χ3n) is 7.95. The second-order valence-electron chi connectivity index (χ2n) is 13.6. The van der Waals surface area contributed by atoms with Crippen molar-refractivity contribution in [1.29, 1.82) is 0 Å². The van der Waals surface area contributed by atoms with Crippen LogP contribution in [-0.2, 0) is 23.9 Å². The maximum absolute atomic E-state index is 14.3. The summed E-state index contributed by atoms with van der Waals surface area (Å²) in [5.74, 6) is -1.57. The van der Waals surface area contributed by atoms with Crippen molar-refractivity contribution in [3.8, 4) is 0 Å². The van der Waals surface area contributed by atoms with E-state index in [1.54, 1.807) is 50.4 Å². The lowest BCUT2D eigenvalue weighted by Gasteiger charge is -2.36. The summed E-state index contributed by atoms with van der Waals surface area (Å²) in [6.45, 7) is 16.8. The Labute approximate surface area is 264 Å². The minimum absolute atomic E-state index is 0.115. The number of carbonyl (C=O) groups excluding carboxylic acids is 4. The van der Waals surface area contributed by atoms with Gasteiger partial charge in [0.15, 0.2) is 0 Å². The van der Waals surface area contributed by atoms with Crippen molar-refractivity contribution in [2.24, 2.45) is 11.3 Å². The number of carbonyl (C=O) groups is 4. The van der Waals surface area contributed by atoms with Gasteiger partial charge in [-0.3, -0.25) is 9.59 Å². The molecule has 5 unspecified atom stereocenters. The van der Waals surface area contributed by atoms with Gasteiger partial charge in [0.1, 0.15) is 23.2 Å². The predicted molar refractivity (Wildman–Crippen MR) is 172 cm³/mol. The Morgan fingerprint density at radius 2 is 1.77 bits per heavy atom. The Bertz CT molecular complexity index is 1420. The molecule has 10 heteroatoms. The molecule has 2 fully saturated rings. The third kappa shape index (κ3) is 7.39. The van der Waals surface area contributed by atoms with Gasteiger partial charge in [-0.05, 0) is 62.8 Å². The van der Waals surface area contributed by atoms with Crippen molar-refractivity contribution < 1.29 is 28.7 Å². The van der Waals surface area contributed by atoms with Crippen LogP contribution in [0.3, 0.4) is 0 Å². The minimum Gasteiger partial charge on any atom is -0.464 e. The normalized spacial score (nSPS) is 23.9. The molecule has 0 radical (unpaired) electrons. The Morgan fingerprint density at radius 3 is 2.39 bits per heavy atom. The molecule has 2 N–H and O–H groups in total. The molecule has 5 atom stereocenters. The summed E-state index contributed by atoms with van der Waals surface area (Å²) in [5, 5.41) is 7.80. The van der Waals surface area contributed by atoms with Crippen LogP contribution in [0.15, 0.2) is 60.0 Å². The standard InChI is InChI=1S/C34H45N3O6S/c1-9-22-19-34(22,30(40)42-10-2)36-28(38)25-18-23(44-26-17-13-15-21-14-11-12-16-24(21)26)20-37(25)29(39)27(32(3,4)5)35-31(41)43-33(6,7)8/h9,11-17,22-23,25,27H,1,10,18-20H2,2-8H3,(H,35,41)(H,36,38). The molecular formula is C34H45N3O6S. The molecule has 9 nitrogen and oxygen atoms in total. The maximum Gasteiger partial charge on any atom is 0.408 e. The molecule has 1 aliphatic carbocycles. The molecular weight excluding hydrogens is 578 g/mol. The van der Waals surface area contributed by atoms with Crippen LogP contribution in [0.4, 0.5) is 4.79 Å². The number of amides is 3. The highest BCUT2D eigenvalue weighted by Crippen LogP contribution is 2.46. The molecule has 238 valence electrons. The van der Waals surface area contributed by atoms with Crippen LogP contribution >= 0.6 is 11.8 Å². The van der Waals surface area contributed by atoms with E-state index in [-0.39, 0.29) is 30.2 Å². The van der Waals surface area contributed by atoms with Crippen molar-refractivity contribution >= 4 is 46.4 Å². The van der Waals surface area contributed by atoms with Crippen molar-refractivity contribution in [1.82, 2.24) is 15.5 Å². The highest BCUT2D eigenvalue weighted by Gasteiger charge is 2.62. The molecule has 1 saturated heterocycles. The minimum atomic E-state index is -1.19. The fraction of sp³-hybridized carbons (Fsp3) is 0.529. The van der Waals surface area contributed by atoms with E-state index in [4.69, 9.17) is 9.47 Å². The molecule has 1 aliphatic heterocycles. The van der Waals surface area contributed by atoms with Gasteiger partial charge in [0.25, 0.3) is 0 Å². The van der Waals surface area contributed by atoms with Crippen LogP contribution in [0.25, 0.3) is 10.8 Å². The Morgan fingerprint density at radius 1 is 1.09 bits per heavy atom. The number of hydrogen-bond acceptors (Lipinski definition) is 7. The van der Waals surface area contributed by atoms with Gasteiger partial charge < -0.3 is 25.0 Å². The van der Waals surface area contributed by atoms with E-state index in [0.717, 1.165) is 15.7 Å². The smallest absolute Gasteiger partial charge is 0.408 e. The van der Waals surface area contributed by atoms with Crippen LogP contribution in [-0.4, -0.2) is 70.4 Å². The lowest BCUT2D eigenvalue weighted by molar-refractivity contribution is -0.150. The highest BCUT2D eigenvalue weighted by molar-refractivity contribution is 8.00. The first kappa shape index (κ1) is 33.4. The van der Waals surface area contributed by atoms with Gasteiger partial charge in [0.2, 0.25) is 11.8 Å². The molecule has 1 heterocycles. The van der Waals surface area contributed by atoms with Gasteiger partial charge >= 0.3 is 12.1 Å². The zero-order valence-electron chi connectivity index (χ0n) is 26.8. The van der Waals surface area contributed by atoms with E-state index in [1.165, 1.54) is 0 Å². The van der Waals surface area contributed by atoms with E-state index < -0.39 is 46.6 Å². The largest absolute Gasteiger partial charge is 0.464 e. The number of nitrogens with one attached hydrogen (secondary N) is 2. The zero-order chi connectivity index (χ0) is 32.4. The number of fused-ring (bicyclic) bond motifs is 1. The van der Waals surface area contributed by atoms with E-state index in [0.29, 0.717) is 12.8 Å². The number of alkyl carbamates (subject to hydrolysis) is 1. The van der Waals surface area contributed by atoms with Crippen LogP contribution in [0.5, 0.6) is 0 Å². The molecule has 0 spiro atoms. The first-order valence-electron chi connectivity index (χ1n) is 15.2. The molecule has 2 aromatic carbocycles. The molecule has 2 aromatic rings. The van der Waals surface area contributed by atoms with Crippen LogP contribution in [0.1, 0.15) is 61.3 Å². The van der Waals surface area contributed by atoms with Crippen LogP contribution in [0.2, 0.25) is 0 Å². The number of esters is 1. The summed E-state index contributed by atoms with van der Waals surface area (Å²) in [6.07, 6.45) is 1.70. The fourth-order valence-electron chi connectivity index (χ4n) is 5.66. The molecule has 3 amide bonds. The average Bonchev–Trinajstić information content (AvgIpc) is 3.49. The van der Waals surface area contributed by atoms with Crippen molar-refractivity contribution in [2.45, 2.75) is 94.7 Å². The Balaban J connectivity index is 1.64. The van der Waals surface area contributed by atoms with E-state index in [1.807, 2.05) is 45.0 Å². The first-order valence-corrected chi connectivity index (χ1v) is 16.0. The monoisotopic (exact) mass is 623 g/mol. The zero-order valence-corrected chi connectivity index (χ0v) is 27.6. The lowest BCUT2D eigenvalue weighted by atomic mass is 9.85. The van der Waals surface area contributed by atoms with Gasteiger partial charge in [-0.1, -0.05) is 63.2 Å². The van der Waals surface area contributed by atoms with Crippen molar-refractivity contribution in [3.63, 3.8) is 0 Å². The Kier molecular flexibility index (Phi) is 9.73. The van der Waals surface area contributed by atoms with E-state index in [9.17, 15) is 19.2 Å². The number of likely N-dealkylation sites (tertiary alicyclic amines) is 1. The van der Waals surface area contributed by atoms with Gasteiger partial charge in [0, 0.05) is 22.6 Å². The molecule has 4 rings (SSSR count). The molecule has 0 bridgehead atoms. The molecule has 44 heavy (non-hydrogen) atoms. The van der Waals surface area contributed by atoms with E-state index in [2.05, 4.69) is 35.4 Å². The predicted octanol–water partition coefficient (Wildman–Crippen LogP) is 5.46. The average molecular weight is 624 g/mol. The summed E-state index contributed by atoms with van der Waals surface area (Å²) in [5.41, 5.74) is -2.63. The fourth-order valence-corrected chi connectivity index (χ4v) is 7.00. The van der Waals surface area contributed by atoms with E-state index >= 15 is 0 Å². The number of rotatable bonds is 9. The molecule has 0 aromatic heterocycles. The quantitative estimate of drug-likeness (QED) is 0.282. The lowest BCUT2D eigenvalue weighted by Crippen LogP contribution is -2.59. The summed E-state index contributed by atoms with van der Waals surface area (Å²) in [7, 11) is 0. The van der Waals surface area contributed by atoms with Crippen LogP contribution < -0.4 is 10.6 Å². The summed E-state index contributed by atoms with van der Waals surface area (Å²) in [6, 6.07) is 12.4. The summed E-state index contributed by atoms with van der Waals surface area (Å²) < 4.78 is 10.8. The van der Waals surface area contributed by atoms with Gasteiger partial charge in [-0.2, -0.15) is 0 Å². The van der Waals surface area contributed by atoms with Gasteiger partial charge in [-0.15, -0.1) is 18.3 Å². The number of thioether (sulfide) groups is 1. The number of benzene rings is 2. The first-order chi connectivity index (χ1) is 20.6. The van der Waals surface area contributed by atoms with Crippen molar-refractivity contribution in [2.75, 3.05) is 13.2 Å². The maximum atomic E-state index is 14.3. The number of nitrogens with zero attached hydrogens (tertiary/aromatic N) is 1. The number of ether oxygens (including phenoxy) is 2. The second-order valence-corrected chi connectivity index (χ2v) is 15.0. The third-order valence-corrected chi connectivity index (χ3v) is 9.24. The van der Waals surface area contributed by atoms with Gasteiger partial charge in [-0.25, -0.2) is 9.59 Å². The second kappa shape index (κ2) is 12.8. The molecule has 2 aliphatic rings. The molecule has 1 saturated carbocycles. The SMILES string of the molecule is C=CC1CC1(NC(=O)C1CC(Sc2cccc3ccccc23)CN1C(=O)C(NC(=O)OC(C)(C)C)C(C)(C)C)C(=O)OCC. The summed E-state index contributed by atoms with van der Waals surface area (Å²) in [4.78, 5) is 56.7. The topological polar surface area (TPSA) is 114 Å². The van der Waals surface area contributed by atoms with Crippen molar-refractivity contribution in [3.05, 3.63) is 55.1 Å². The number of hydrogen-bond donors (Lipinski definition) is 2. The van der Waals surface area contributed by atoms with Gasteiger partial charge in [0.05, 0.1) is 6.61 Å².